The van der Waals surface area contributed by atoms with Gasteiger partial charge in [0.25, 0.3) is 5.91 Å². The molecular formula is C12H14ClN3O4. The van der Waals surface area contributed by atoms with Gasteiger partial charge >= 0.3 is 5.97 Å². The zero-order chi connectivity index (χ0) is 15.5. The summed E-state index contributed by atoms with van der Waals surface area (Å²) in [6.07, 6.45) is 1.30. The number of carboxylic acids is 1. The molecule has 20 heavy (non-hydrogen) atoms. The predicted molar refractivity (Wildman–Crippen MR) is 71.5 cm³/mol. The van der Waals surface area contributed by atoms with E-state index in [-0.39, 0.29) is 17.1 Å². The molecule has 0 bridgehead atoms. The van der Waals surface area contributed by atoms with Crippen molar-refractivity contribution in [1.82, 2.24) is 10.3 Å². The average Bonchev–Trinajstić information content (AvgIpc) is 2.37. The number of carbonyl (C=O) groups is 3. The van der Waals surface area contributed by atoms with Crippen LogP contribution in [0, 0.1) is 0 Å². The third kappa shape index (κ3) is 3.45. The summed E-state index contributed by atoms with van der Waals surface area (Å²) < 4.78 is 0. The minimum atomic E-state index is -1.32. The number of hydrogen-bond donors (Lipinski definition) is 3. The lowest BCUT2D eigenvalue weighted by Gasteiger charge is -2.22. The molecule has 0 aliphatic carbocycles. The Hall–Kier alpha value is -2.15. The number of amides is 2. The van der Waals surface area contributed by atoms with Crippen molar-refractivity contribution in [2.45, 2.75) is 25.3 Å². The minimum absolute atomic E-state index is 0.0714. The van der Waals surface area contributed by atoms with Crippen molar-refractivity contribution in [2.24, 2.45) is 5.73 Å². The number of nitrogens with one attached hydrogen (secondary N) is 1. The maximum Gasteiger partial charge on any atom is 0.338 e. The molecule has 0 atom stereocenters. The average molecular weight is 300 g/mol. The number of hydrogen-bond acceptors (Lipinski definition) is 4. The first-order valence-corrected chi connectivity index (χ1v) is 6.13. The summed E-state index contributed by atoms with van der Waals surface area (Å²) >= 11 is 5.59. The second kappa shape index (κ2) is 5.87. The second-order valence-corrected chi connectivity index (χ2v) is 4.89. The van der Waals surface area contributed by atoms with E-state index in [9.17, 15) is 14.4 Å². The zero-order valence-electron chi connectivity index (χ0n) is 10.9. The lowest BCUT2D eigenvalue weighted by molar-refractivity contribution is -0.122. The fourth-order valence-electron chi connectivity index (χ4n) is 1.33. The summed E-state index contributed by atoms with van der Waals surface area (Å²) in [5, 5.41) is 11.4. The molecule has 4 N–H and O–H groups in total. The first-order chi connectivity index (χ1) is 9.19. The highest BCUT2D eigenvalue weighted by molar-refractivity contribution is 6.17. The monoisotopic (exact) mass is 299 g/mol. The normalized spacial score (nSPS) is 10.9. The van der Waals surface area contributed by atoms with E-state index in [0.717, 1.165) is 0 Å². The van der Waals surface area contributed by atoms with Crippen LogP contribution in [-0.4, -0.2) is 33.4 Å². The summed E-state index contributed by atoms with van der Waals surface area (Å²) in [5.41, 5.74) is 3.68. The van der Waals surface area contributed by atoms with E-state index in [4.69, 9.17) is 22.4 Å². The molecule has 8 heteroatoms. The molecule has 0 aliphatic rings. The topological polar surface area (TPSA) is 122 Å². The van der Waals surface area contributed by atoms with Crippen molar-refractivity contribution in [3.05, 3.63) is 29.1 Å². The quantitative estimate of drug-likeness (QED) is 0.684. The van der Waals surface area contributed by atoms with Crippen LogP contribution < -0.4 is 11.1 Å². The molecule has 0 spiro atoms. The molecule has 0 radical (unpaired) electrons. The highest BCUT2D eigenvalue weighted by atomic mass is 35.5. The van der Waals surface area contributed by atoms with Crippen molar-refractivity contribution in [1.29, 1.82) is 0 Å². The van der Waals surface area contributed by atoms with Crippen LogP contribution in [0.1, 0.15) is 40.3 Å². The Balaban J connectivity index is 3.16. The number of halogens is 1. The number of alkyl halides is 1. The summed E-state index contributed by atoms with van der Waals surface area (Å²) in [6, 6.07) is 1.26. The number of primary amides is 1. The molecule has 1 aromatic heterocycles. The third-order valence-electron chi connectivity index (χ3n) is 2.59. The van der Waals surface area contributed by atoms with Crippen molar-refractivity contribution in [2.75, 3.05) is 0 Å². The fourth-order valence-corrected chi connectivity index (χ4v) is 1.48. The number of rotatable bonds is 5. The number of nitrogens with zero attached hydrogens (tertiary/aromatic N) is 1. The number of pyridine rings is 1. The van der Waals surface area contributed by atoms with Gasteiger partial charge in [-0.25, -0.2) is 9.78 Å². The molecule has 0 aromatic carbocycles. The van der Waals surface area contributed by atoms with Crippen molar-refractivity contribution < 1.29 is 19.5 Å². The molecule has 108 valence electrons. The van der Waals surface area contributed by atoms with Gasteiger partial charge in [-0.3, -0.25) is 9.59 Å². The van der Waals surface area contributed by atoms with Crippen LogP contribution in [0.25, 0.3) is 0 Å². The van der Waals surface area contributed by atoms with E-state index in [1.165, 1.54) is 26.1 Å². The number of carboxylic acid groups (broad SMARTS) is 1. The van der Waals surface area contributed by atoms with E-state index in [2.05, 4.69) is 10.3 Å². The maximum atomic E-state index is 12.0. The largest absolute Gasteiger partial charge is 0.478 e. The molecule has 0 saturated heterocycles. The van der Waals surface area contributed by atoms with Gasteiger partial charge in [-0.05, 0) is 25.5 Å². The van der Waals surface area contributed by atoms with Crippen LogP contribution in [-0.2, 0) is 10.7 Å². The van der Waals surface area contributed by atoms with Crippen LogP contribution in [0.3, 0.4) is 0 Å². The van der Waals surface area contributed by atoms with Gasteiger partial charge in [0.1, 0.15) is 11.2 Å². The number of nitrogens with two attached hydrogens (primary N) is 1. The molecule has 1 aromatic rings. The van der Waals surface area contributed by atoms with Gasteiger partial charge < -0.3 is 16.2 Å². The number of aromatic carboxylic acids is 1. The minimum Gasteiger partial charge on any atom is -0.478 e. The summed E-state index contributed by atoms with van der Waals surface area (Å²) in [4.78, 5) is 38.1. The van der Waals surface area contributed by atoms with Gasteiger partial charge in [-0.1, -0.05) is 0 Å². The standard InChI is InChI=1S/C12H14ClN3O4/c1-12(2,11(14)20)16-9(17)8-7(10(18)19)3-6(4-13)5-15-8/h3,5H,4H2,1-2H3,(H2,14,20)(H,16,17)(H,18,19). The highest BCUT2D eigenvalue weighted by Crippen LogP contribution is 2.13. The van der Waals surface area contributed by atoms with Gasteiger partial charge in [-0.2, -0.15) is 0 Å². The van der Waals surface area contributed by atoms with E-state index in [0.29, 0.717) is 5.56 Å². The Labute approximate surface area is 120 Å². The molecule has 0 saturated carbocycles. The molecule has 0 fully saturated rings. The Bertz CT molecular complexity index is 572. The van der Waals surface area contributed by atoms with E-state index >= 15 is 0 Å². The first kappa shape index (κ1) is 15.9. The number of carbonyl (C=O) groups excluding carboxylic acids is 2. The van der Waals surface area contributed by atoms with E-state index < -0.39 is 23.3 Å². The van der Waals surface area contributed by atoms with Crippen LogP contribution in [0.15, 0.2) is 12.3 Å². The highest BCUT2D eigenvalue weighted by Gasteiger charge is 2.29. The predicted octanol–water partition coefficient (Wildman–Crippen LogP) is 0.512. The van der Waals surface area contributed by atoms with Crippen LogP contribution in [0.4, 0.5) is 0 Å². The third-order valence-corrected chi connectivity index (χ3v) is 2.89. The lowest BCUT2D eigenvalue weighted by atomic mass is 10.0. The van der Waals surface area contributed by atoms with Gasteiger partial charge in [0, 0.05) is 12.1 Å². The van der Waals surface area contributed by atoms with Gasteiger partial charge in [0.05, 0.1) is 5.56 Å². The summed E-state index contributed by atoms with van der Waals surface area (Å²) in [5.74, 6) is -2.79. The van der Waals surface area contributed by atoms with Gasteiger partial charge in [-0.15, -0.1) is 11.6 Å². The Kier molecular flexibility index (Phi) is 4.67. The lowest BCUT2D eigenvalue weighted by Crippen LogP contribution is -2.53. The van der Waals surface area contributed by atoms with Crippen LogP contribution >= 0.6 is 11.6 Å². The molecule has 0 aliphatic heterocycles. The zero-order valence-corrected chi connectivity index (χ0v) is 11.7. The summed E-state index contributed by atoms with van der Waals surface area (Å²) in [6.45, 7) is 2.81. The van der Waals surface area contributed by atoms with Crippen LogP contribution in [0.5, 0.6) is 0 Å². The second-order valence-electron chi connectivity index (χ2n) is 4.62. The Morgan fingerprint density at radius 2 is 2.05 bits per heavy atom. The van der Waals surface area contributed by atoms with Gasteiger partial charge in [0.2, 0.25) is 5.91 Å². The SMILES string of the molecule is CC(C)(NC(=O)c1ncc(CCl)cc1C(=O)O)C(N)=O. The Morgan fingerprint density at radius 3 is 2.50 bits per heavy atom. The number of aromatic nitrogens is 1. The molecular weight excluding hydrogens is 286 g/mol. The molecule has 7 nitrogen and oxygen atoms in total. The Morgan fingerprint density at radius 1 is 1.45 bits per heavy atom. The van der Waals surface area contributed by atoms with Crippen molar-refractivity contribution in [3.8, 4) is 0 Å². The molecule has 1 rings (SSSR count). The molecule has 2 amide bonds. The van der Waals surface area contributed by atoms with Gasteiger partial charge in [0.15, 0.2) is 0 Å². The van der Waals surface area contributed by atoms with Crippen LogP contribution in [0.2, 0.25) is 0 Å². The van der Waals surface area contributed by atoms with E-state index in [1.807, 2.05) is 0 Å². The molecule has 1 heterocycles. The van der Waals surface area contributed by atoms with Crippen molar-refractivity contribution >= 4 is 29.4 Å². The smallest absolute Gasteiger partial charge is 0.338 e. The summed E-state index contributed by atoms with van der Waals surface area (Å²) in [7, 11) is 0. The van der Waals surface area contributed by atoms with Crippen molar-refractivity contribution in [3.63, 3.8) is 0 Å². The van der Waals surface area contributed by atoms with E-state index in [1.54, 1.807) is 0 Å². The first-order valence-electron chi connectivity index (χ1n) is 5.59. The maximum absolute atomic E-state index is 12.0. The molecule has 0 unspecified atom stereocenters. The fraction of sp³-hybridized carbons (Fsp3) is 0.333.